The molecule has 1 fully saturated rings. The molecule has 0 amide bonds. The SMILES string of the molecule is CCC(OS(C)(=O)=O)c1ccc2c(CF)c(O[C@H]3CC[C@@H](C(F)(F)F)CC3)ccc2c1. The Kier molecular flexibility index (Phi) is 7.15. The predicted molar refractivity (Wildman–Crippen MR) is 110 cm³/mol. The van der Waals surface area contributed by atoms with Crippen LogP contribution in [0.15, 0.2) is 30.3 Å². The minimum absolute atomic E-state index is 0.00874. The average Bonchev–Trinajstić information content (AvgIpc) is 2.70. The van der Waals surface area contributed by atoms with E-state index in [1.165, 1.54) is 0 Å². The van der Waals surface area contributed by atoms with Gasteiger partial charge in [-0.3, -0.25) is 4.18 Å². The number of rotatable bonds is 7. The van der Waals surface area contributed by atoms with Crippen molar-refractivity contribution < 1.29 is 34.9 Å². The first kappa shape index (κ1) is 23.8. The van der Waals surface area contributed by atoms with Crippen molar-refractivity contribution in [1.29, 1.82) is 0 Å². The molecule has 0 spiro atoms. The Morgan fingerprint density at radius 2 is 1.77 bits per heavy atom. The number of benzene rings is 2. The zero-order chi connectivity index (χ0) is 22.8. The fourth-order valence-corrected chi connectivity index (χ4v) is 4.77. The second kappa shape index (κ2) is 9.32. The second-order valence-corrected chi connectivity index (χ2v) is 9.59. The molecule has 1 aliphatic rings. The molecule has 2 aromatic rings. The number of alkyl halides is 4. The molecule has 4 nitrogen and oxygen atoms in total. The van der Waals surface area contributed by atoms with Gasteiger partial charge in [0.25, 0.3) is 10.1 Å². The molecule has 1 atom stereocenters. The highest BCUT2D eigenvalue weighted by Gasteiger charge is 2.41. The normalized spacial score (nSPS) is 21.2. The predicted octanol–water partition coefficient (Wildman–Crippen LogP) is 6.24. The molecule has 0 heterocycles. The maximum Gasteiger partial charge on any atom is 0.391 e. The fraction of sp³-hybridized carbons (Fsp3) is 0.545. The van der Waals surface area contributed by atoms with Crippen molar-refractivity contribution in [1.82, 2.24) is 0 Å². The van der Waals surface area contributed by atoms with Gasteiger partial charge in [0.2, 0.25) is 0 Å². The van der Waals surface area contributed by atoms with E-state index in [-0.39, 0.29) is 31.8 Å². The molecule has 0 saturated heterocycles. The van der Waals surface area contributed by atoms with Crippen molar-refractivity contribution in [2.75, 3.05) is 6.26 Å². The lowest BCUT2D eigenvalue weighted by Gasteiger charge is -2.30. The highest BCUT2D eigenvalue weighted by molar-refractivity contribution is 7.86. The molecule has 9 heteroatoms. The van der Waals surface area contributed by atoms with Crippen molar-refractivity contribution >= 4 is 20.9 Å². The Labute approximate surface area is 179 Å². The first-order valence-electron chi connectivity index (χ1n) is 10.2. The van der Waals surface area contributed by atoms with Crippen LogP contribution in [0.5, 0.6) is 5.75 Å². The first-order valence-corrected chi connectivity index (χ1v) is 12.1. The largest absolute Gasteiger partial charge is 0.490 e. The van der Waals surface area contributed by atoms with E-state index in [0.29, 0.717) is 34.1 Å². The van der Waals surface area contributed by atoms with Crippen LogP contribution in [0.25, 0.3) is 10.8 Å². The maximum atomic E-state index is 13.9. The van der Waals surface area contributed by atoms with Gasteiger partial charge in [-0.15, -0.1) is 0 Å². The molecule has 3 rings (SSSR count). The zero-order valence-corrected chi connectivity index (χ0v) is 18.2. The highest BCUT2D eigenvalue weighted by Crippen LogP contribution is 2.40. The van der Waals surface area contributed by atoms with E-state index in [9.17, 15) is 26.0 Å². The van der Waals surface area contributed by atoms with Crippen LogP contribution in [0.1, 0.15) is 56.3 Å². The van der Waals surface area contributed by atoms with Crippen LogP contribution < -0.4 is 4.74 Å². The Bertz CT molecular complexity index is 1010. The van der Waals surface area contributed by atoms with Crippen LogP contribution in [0, 0.1) is 5.92 Å². The number of hydrogen-bond donors (Lipinski definition) is 0. The molecule has 0 N–H and O–H groups in total. The van der Waals surface area contributed by atoms with Gasteiger partial charge in [0.1, 0.15) is 18.5 Å². The number of hydrogen-bond acceptors (Lipinski definition) is 4. The van der Waals surface area contributed by atoms with Gasteiger partial charge in [0.15, 0.2) is 0 Å². The van der Waals surface area contributed by atoms with Gasteiger partial charge in [-0.1, -0.05) is 25.1 Å². The van der Waals surface area contributed by atoms with Crippen LogP contribution in [0.3, 0.4) is 0 Å². The summed E-state index contributed by atoms with van der Waals surface area (Å²) in [6, 6.07) is 8.50. The molecule has 172 valence electrons. The van der Waals surface area contributed by atoms with Crippen LogP contribution in [0.4, 0.5) is 17.6 Å². The van der Waals surface area contributed by atoms with Crippen molar-refractivity contribution in [3.63, 3.8) is 0 Å². The lowest BCUT2D eigenvalue weighted by atomic mass is 9.87. The van der Waals surface area contributed by atoms with Crippen molar-refractivity contribution in [3.8, 4) is 5.75 Å². The van der Waals surface area contributed by atoms with E-state index < -0.39 is 35.0 Å². The topological polar surface area (TPSA) is 52.6 Å². The maximum absolute atomic E-state index is 13.9. The molecule has 31 heavy (non-hydrogen) atoms. The average molecular weight is 463 g/mol. The van der Waals surface area contributed by atoms with Gasteiger partial charge < -0.3 is 4.74 Å². The summed E-state index contributed by atoms with van der Waals surface area (Å²) < 4.78 is 86.5. The summed E-state index contributed by atoms with van der Waals surface area (Å²) in [6.45, 7) is 1.01. The molecule has 1 aliphatic carbocycles. The van der Waals surface area contributed by atoms with Crippen LogP contribution in [0.2, 0.25) is 0 Å². The Morgan fingerprint density at radius 3 is 2.32 bits per heavy atom. The summed E-state index contributed by atoms with van der Waals surface area (Å²) in [5.41, 5.74) is 0.989. The van der Waals surface area contributed by atoms with Gasteiger partial charge >= 0.3 is 6.18 Å². The third kappa shape index (κ3) is 5.88. The van der Waals surface area contributed by atoms with E-state index in [1.54, 1.807) is 37.3 Å². The van der Waals surface area contributed by atoms with E-state index in [2.05, 4.69) is 0 Å². The smallest absolute Gasteiger partial charge is 0.391 e. The van der Waals surface area contributed by atoms with Crippen LogP contribution in [-0.2, 0) is 21.0 Å². The second-order valence-electron chi connectivity index (χ2n) is 7.99. The molecular weight excluding hydrogens is 436 g/mol. The molecule has 0 bridgehead atoms. The Balaban J connectivity index is 1.82. The van der Waals surface area contributed by atoms with E-state index in [0.717, 1.165) is 6.26 Å². The standard InChI is InChI=1S/C22H26F4O4S/c1-3-20(30-31(2,27)28)15-4-10-18-14(12-15)5-11-21(19(18)13-23)29-17-8-6-16(7-9-17)22(24,25)26/h4-5,10-12,16-17,20H,3,6-9,13H2,1-2H3/t16-,17+,20?. The van der Waals surface area contributed by atoms with E-state index in [4.69, 9.17) is 8.92 Å². The summed E-state index contributed by atoms with van der Waals surface area (Å²) in [5.74, 6) is -0.971. The van der Waals surface area contributed by atoms with Crippen molar-refractivity contribution in [3.05, 3.63) is 41.5 Å². The zero-order valence-electron chi connectivity index (χ0n) is 17.4. The molecule has 0 radical (unpaired) electrons. The third-order valence-corrected chi connectivity index (χ3v) is 6.29. The van der Waals surface area contributed by atoms with Crippen LogP contribution >= 0.6 is 0 Å². The molecular formula is C22H26F4O4S. The highest BCUT2D eigenvalue weighted by atomic mass is 32.2. The first-order chi connectivity index (χ1) is 14.5. The number of ether oxygens (including phenoxy) is 1. The van der Waals surface area contributed by atoms with Gasteiger partial charge in [-0.25, -0.2) is 4.39 Å². The third-order valence-electron chi connectivity index (χ3n) is 5.71. The molecule has 1 saturated carbocycles. The number of fused-ring (bicyclic) bond motifs is 1. The van der Waals surface area contributed by atoms with Gasteiger partial charge in [-0.05, 0) is 60.6 Å². The summed E-state index contributed by atoms with van der Waals surface area (Å²) >= 11 is 0. The van der Waals surface area contributed by atoms with Crippen LogP contribution in [-0.4, -0.2) is 27.0 Å². The number of halogens is 4. The van der Waals surface area contributed by atoms with Gasteiger partial charge in [0.05, 0.1) is 18.3 Å². The van der Waals surface area contributed by atoms with E-state index in [1.807, 2.05) is 0 Å². The summed E-state index contributed by atoms with van der Waals surface area (Å²) in [6.07, 6.45) is -3.22. The molecule has 0 aromatic heterocycles. The minimum Gasteiger partial charge on any atom is -0.490 e. The van der Waals surface area contributed by atoms with Crippen molar-refractivity contribution in [2.45, 2.75) is 64.1 Å². The lowest BCUT2D eigenvalue weighted by Crippen LogP contribution is -2.32. The van der Waals surface area contributed by atoms with Crippen molar-refractivity contribution in [2.24, 2.45) is 5.92 Å². The molecule has 2 aromatic carbocycles. The van der Waals surface area contributed by atoms with Gasteiger partial charge in [-0.2, -0.15) is 21.6 Å². The van der Waals surface area contributed by atoms with Gasteiger partial charge in [0, 0.05) is 5.56 Å². The fourth-order valence-electron chi connectivity index (χ4n) is 4.10. The molecule has 0 aliphatic heterocycles. The summed E-state index contributed by atoms with van der Waals surface area (Å²) in [5, 5.41) is 1.32. The Hall–Kier alpha value is -1.87. The minimum atomic E-state index is -4.19. The summed E-state index contributed by atoms with van der Waals surface area (Å²) in [4.78, 5) is 0. The quantitative estimate of drug-likeness (QED) is 0.361. The molecule has 1 unspecified atom stereocenters. The monoisotopic (exact) mass is 462 g/mol. The summed E-state index contributed by atoms with van der Waals surface area (Å²) in [7, 11) is -3.64. The Morgan fingerprint density at radius 1 is 1.10 bits per heavy atom. The lowest BCUT2D eigenvalue weighted by molar-refractivity contribution is -0.185. The van der Waals surface area contributed by atoms with E-state index >= 15 is 0 Å².